The number of ether oxygens (including phenoxy) is 1. The van der Waals surface area contributed by atoms with Gasteiger partial charge in [-0.3, -0.25) is 4.57 Å². The molecular formula is C21H16FN3O3S. The Labute approximate surface area is 170 Å². The highest BCUT2D eigenvalue weighted by molar-refractivity contribution is 7.98. The summed E-state index contributed by atoms with van der Waals surface area (Å²) in [5.74, 6) is 0.987. The zero-order valence-electron chi connectivity index (χ0n) is 15.4. The molecular weight excluding hydrogens is 393 g/mol. The normalized spacial score (nSPS) is 10.8. The average molecular weight is 409 g/mol. The monoisotopic (exact) mass is 409 g/mol. The van der Waals surface area contributed by atoms with E-state index in [2.05, 4.69) is 14.9 Å². The molecule has 0 bridgehead atoms. The Morgan fingerprint density at radius 2 is 1.83 bits per heavy atom. The first-order valence-corrected chi connectivity index (χ1v) is 9.71. The van der Waals surface area contributed by atoms with Crippen LogP contribution in [0.1, 0.15) is 16.3 Å². The summed E-state index contributed by atoms with van der Waals surface area (Å²) < 4.78 is 25.4. The molecule has 0 radical (unpaired) electrons. The molecule has 0 fully saturated rings. The van der Waals surface area contributed by atoms with E-state index in [1.807, 2.05) is 34.9 Å². The van der Waals surface area contributed by atoms with Crippen LogP contribution in [0, 0.1) is 5.82 Å². The van der Waals surface area contributed by atoms with E-state index < -0.39 is 5.97 Å². The Kier molecular flexibility index (Phi) is 5.44. The van der Waals surface area contributed by atoms with Gasteiger partial charge < -0.3 is 9.15 Å². The number of nitrogens with zero attached hydrogens (tertiary/aromatic N) is 3. The van der Waals surface area contributed by atoms with E-state index in [1.54, 1.807) is 24.3 Å². The SMILES string of the molecule is COC(=O)c1ccc(CSc2nnc(-c3ccc(F)cc3)n2-c2ccccc2)o1. The first-order valence-electron chi connectivity index (χ1n) is 8.72. The highest BCUT2D eigenvalue weighted by Crippen LogP contribution is 2.30. The number of esters is 1. The third-order valence-electron chi connectivity index (χ3n) is 4.14. The molecule has 0 spiro atoms. The highest BCUT2D eigenvalue weighted by Gasteiger charge is 2.17. The predicted molar refractivity (Wildman–Crippen MR) is 106 cm³/mol. The van der Waals surface area contributed by atoms with Crippen molar-refractivity contribution in [3.63, 3.8) is 0 Å². The van der Waals surface area contributed by atoms with E-state index in [0.717, 1.165) is 11.3 Å². The molecule has 6 nitrogen and oxygen atoms in total. The molecule has 0 atom stereocenters. The van der Waals surface area contributed by atoms with Crippen LogP contribution in [0.25, 0.3) is 17.1 Å². The highest BCUT2D eigenvalue weighted by atomic mass is 32.2. The number of furan rings is 1. The van der Waals surface area contributed by atoms with E-state index in [4.69, 9.17) is 4.42 Å². The second-order valence-corrected chi connectivity index (χ2v) is 6.97. The number of carbonyl (C=O) groups is 1. The number of rotatable bonds is 6. The van der Waals surface area contributed by atoms with Gasteiger partial charge in [0.1, 0.15) is 11.6 Å². The first-order chi connectivity index (χ1) is 14.2. The number of para-hydroxylation sites is 1. The quantitative estimate of drug-likeness (QED) is 0.338. The lowest BCUT2D eigenvalue weighted by molar-refractivity contribution is 0.0563. The van der Waals surface area contributed by atoms with Gasteiger partial charge in [-0.1, -0.05) is 30.0 Å². The summed E-state index contributed by atoms with van der Waals surface area (Å²) in [6.45, 7) is 0. The van der Waals surface area contributed by atoms with Crippen LogP contribution in [-0.2, 0) is 10.5 Å². The number of carbonyl (C=O) groups excluding carboxylic acids is 1. The summed E-state index contributed by atoms with van der Waals surface area (Å²) in [4.78, 5) is 11.5. The molecule has 0 aliphatic heterocycles. The van der Waals surface area contributed by atoms with Gasteiger partial charge in [-0.05, 0) is 48.5 Å². The smallest absolute Gasteiger partial charge is 0.373 e. The average Bonchev–Trinajstić information content (AvgIpc) is 3.40. The molecule has 29 heavy (non-hydrogen) atoms. The van der Waals surface area contributed by atoms with Gasteiger partial charge in [0.05, 0.1) is 12.9 Å². The number of halogens is 1. The maximum Gasteiger partial charge on any atom is 0.373 e. The van der Waals surface area contributed by atoms with Gasteiger partial charge in [-0.15, -0.1) is 10.2 Å². The molecule has 4 rings (SSSR count). The largest absolute Gasteiger partial charge is 0.463 e. The zero-order valence-corrected chi connectivity index (χ0v) is 16.2. The van der Waals surface area contributed by atoms with E-state index in [0.29, 0.717) is 22.5 Å². The molecule has 2 aromatic carbocycles. The fourth-order valence-corrected chi connectivity index (χ4v) is 3.61. The Balaban J connectivity index is 1.65. The maximum absolute atomic E-state index is 13.3. The number of methoxy groups -OCH3 is 1. The van der Waals surface area contributed by atoms with Gasteiger partial charge >= 0.3 is 5.97 Å². The summed E-state index contributed by atoms with van der Waals surface area (Å²) in [7, 11) is 1.30. The lowest BCUT2D eigenvalue weighted by atomic mass is 10.2. The van der Waals surface area contributed by atoms with Crippen molar-refractivity contribution in [2.24, 2.45) is 0 Å². The van der Waals surface area contributed by atoms with Crippen molar-refractivity contribution < 1.29 is 18.3 Å². The fraction of sp³-hybridized carbons (Fsp3) is 0.0952. The molecule has 2 heterocycles. The van der Waals surface area contributed by atoms with Crippen LogP contribution in [0.4, 0.5) is 4.39 Å². The van der Waals surface area contributed by atoms with Gasteiger partial charge in [-0.2, -0.15) is 0 Å². The molecule has 4 aromatic rings. The third kappa shape index (κ3) is 4.07. The van der Waals surface area contributed by atoms with Gasteiger partial charge in [0.25, 0.3) is 0 Å². The van der Waals surface area contributed by atoms with Crippen molar-refractivity contribution in [1.29, 1.82) is 0 Å². The standard InChI is InChI=1S/C21H16FN3O3S/c1-27-20(26)18-12-11-17(28-18)13-29-21-24-23-19(14-7-9-15(22)10-8-14)25(21)16-5-3-2-4-6-16/h2-12H,13H2,1H3. The number of aromatic nitrogens is 3. The van der Waals surface area contributed by atoms with Crippen LogP contribution in [0.5, 0.6) is 0 Å². The topological polar surface area (TPSA) is 70.2 Å². The van der Waals surface area contributed by atoms with Crippen molar-refractivity contribution >= 4 is 17.7 Å². The van der Waals surface area contributed by atoms with Crippen LogP contribution >= 0.6 is 11.8 Å². The summed E-state index contributed by atoms with van der Waals surface area (Å²) >= 11 is 1.42. The Bertz CT molecular complexity index is 1120. The van der Waals surface area contributed by atoms with Crippen molar-refractivity contribution in [3.8, 4) is 17.1 Å². The minimum Gasteiger partial charge on any atom is -0.463 e. The van der Waals surface area contributed by atoms with Gasteiger partial charge in [-0.25, -0.2) is 9.18 Å². The molecule has 2 aromatic heterocycles. The van der Waals surface area contributed by atoms with Crippen LogP contribution in [-0.4, -0.2) is 27.8 Å². The van der Waals surface area contributed by atoms with E-state index in [9.17, 15) is 9.18 Å². The molecule has 0 saturated heterocycles. The molecule has 8 heteroatoms. The first kappa shape index (κ1) is 18.9. The number of thioether (sulfide) groups is 1. The second kappa shape index (κ2) is 8.32. The summed E-state index contributed by atoms with van der Waals surface area (Å²) in [5, 5.41) is 9.27. The maximum atomic E-state index is 13.3. The lowest BCUT2D eigenvalue weighted by Crippen LogP contribution is -1.99. The number of hydrogen-bond acceptors (Lipinski definition) is 6. The van der Waals surface area contributed by atoms with Gasteiger partial charge in [0, 0.05) is 11.3 Å². The molecule has 0 N–H and O–H groups in total. The minimum absolute atomic E-state index is 0.152. The Hall–Kier alpha value is -3.39. The number of hydrogen-bond donors (Lipinski definition) is 0. The number of benzene rings is 2. The molecule has 0 aliphatic rings. The predicted octanol–water partition coefficient (Wildman–Crippen LogP) is 4.75. The zero-order chi connectivity index (χ0) is 20.2. The minimum atomic E-state index is -0.521. The Morgan fingerprint density at radius 3 is 2.55 bits per heavy atom. The van der Waals surface area contributed by atoms with Crippen molar-refractivity contribution in [1.82, 2.24) is 14.8 Å². The van der Waals surface area contributed by atoms with Gasteiger partial charge in [0.15, 0.2) is 11.0 Å². The molecule has 0 amide bonds. The van der Waals surface area contributed by atoms with Gasteiger partial charge in [0.2, 0.25) is 5.76 Å². The summed E-state index contributed by atoms with van der Waals surface area (Å²) in [6, 6.07) is 19.1. The molecule has 0 aliphatic carbocycles. The second-order valence-electron chi connectivity index (χ2n) is 6.03. The van der Waals surface area contributed by atoms with E-state index >= 15 is 0 Å². The van der Waals surface area contributed by atoms with Crippen LogP contribution in [0.2, 0.25) is 0 Å². The van der Waals surface area contributed by atoms with Crippen molar-refractivity contribution in [3.05, 3.63) is 84.1 Å². The Morgan fingerprint density at radius 1 is 1.07 bits per heavy atom. The third-order valence-corrected chi connectivity index (χ3v) is 5.09. The van der Waals surface area contributed by atoms with E-state index in [1.165, 1.54) is 31.0 Å². The molecule has 146 valence electrons. The lowest BCUT2D eigenvalue weighted by Gasteiger charge is -2.10. The van der Waals surface area contributed by atoms with E-state index in [-0.39, 0.29) is 11.6 Å². The molecule has 0 unspecified atom stereocenters. The summed E-state index contributed by atoms with van der Waals surface area (Å²) in [6.07, 6.45) is 0. The molecule has 0 saturated carbocycles. The van der Waals surface area contributed by atoms with Crippen LogP contribution in [0.3, 0.4) is 0 Å². The summed E-state index contributed by atoms with van der Waals surface area (Å²) in [5.41, 5.74) is 1.63. The van der Waals surface area contributed by atoms with Crippen LogP contribution in [0.15, 0.2) is 76.3 Å². The van der Waals surface area contributed by atoms with Crippen LogP contribution < -0.4 is 0 Å². The van der Waals surface area contributed by atoms with Crippen molar-refractivity contribution in [2.45, 2.75) is 10.9 Å². The fourth-order valence-electron chi connectivity index (χ4n) is 2.76. The van der Waals surface area contributed by atoms with Crippen molar-refractivity contribution in [2.75, 3.05) is 7.11 Å².